The van der Waals surface area contributed by atoms with Crippen LogP contribution in [0, 0.1) is 17.3 Å². The van der Waals surface area contributed by atoms with Crippen LogP contribution >= 0.6 is 0 Å². The topological polar surface area (TPSA) is 41.7 Å². The number of likely N-dealkylation sites (N-methyl/N-ethyl adjacent to an activating group) is 1. The van der Waals surface area contributed by atoms with Gasteiger partial charge in [0.15, 0.2) is 6.04 Å². The number of carboxylic acid groups (broad SMARTS) is 1. The normalized spacial score (nSPS) is 17.6. The minimum atomic E-state index is -0.675. The lowest BCUT2D eigenvalue weighted by molar-refractivity contribution is -0.901. The lowest BCUT2D eigenvalue weighted by atomic mass is 9.84. The molecule has 0 amide bonds. The van der Waals surface area contributed by atoms with E-state index < -0.39 is 5.97 Å². The molecule has 108 valence electrons. The summed E-state index contributed by atoms with van der Waals surface area (Å²) in [4.78, 5) is 12.4. The summed E-state index contributed by atoms with van der Waals surface area (Å²) in [6.45, 7) is 14.0. The Balaban J connectivity index is 4.23. The molecule has 0 aromatic carbocycles. The smallest absolute Gasteiger partial charge is 0.362 e. The average molecular weight is 258 g/mol. The van der Waals surface area contributed by atoms with Gasteiger partial charge in [-0.1, -0.05) is 41.5 Å². The molecule has 0 fully saturated rings. The Bertz CT molecular complexity index is 256. The van der Waals surface area contributed by atoms with Gasteiger partial charge >= 0.3 is 5.97 Å². The maximum atomic E-state index is 11.2. The van der Waals surface area contributed by atoms with Crippen molar-refractivity contribution in [1.82, 2.24) is 0 Å². The van der Waals surface area contributed by atoms with Crippen LogP contribution in [0.1, 0.15) is 54.4 Å². The molecule has 1 unspecified atom stereocenters. The number of carbonyl (C=O) groups is 1. The van der Waals surface area contributed by atoms with E-state index in [1.165, 1.54) is 6.42 Å². The minimum absolute atomic E-state index is 0.181. The van der Waals surface area contributed by atoms with Crippen LogP contribution < -0.4 is 4.90 Å². The highest BCUT2D eigenvalue weighted by molar-refractivity contribution is 5.72. The fourth-order valence-corrected chi connectivity index (χ4v) is 2.84. The van der Waals surface area contributed by atoms with Crippen LogP contribution in [0.25, 0.3) is 0 Å². The maximum absolute atomic E-state index is 11.2. The summed E-state index contributed by atoms with van der Waals surface area (Å²) in [6.07, 6.45) is 2.29. The van der Waals surface area contributed by atoms with E-state index in [9.17, 15) is 9.90 Å². The molecule has 0 aliphatic heterocycles. The van der Waals surface area contributed by atoms with Crippen molar-refractivity contribution in [3.63, 3.8) is 0 Å². The molecule has 0 aliphatic carbocycles. The van der Waals surface area contributed by atoms with Crippen LogP contribution in [0.15, 0.2) is 0 Å². The molecule has 18 heavy (non-hydrogen) atoms. The van der Waals surface area contributed by atoms with Crippen LogP contribution in [0.5, 0.6) is 0 Å². The van der Waals surface area contributed by atoms with Gasteiger partial charge in [0.2, 0.25) is 0 Å². The number of hydrogen-bond acceptors (Lipinski definition) is 1. The van der Waals surface area contributed by atoms with Crippen molar-refractivity contribution in [1.29, 1.82) is 0 Å². The number of aliphatic carboxylic acids is 1. The molecular formula is C15H32NO2+. The Morgan fingerprint density at radius 3 is 2.06 bits per heavy atom. The number of hydrogen-bond donors (Lipinski definition) is 2. The van der Waals surface area contributed by atoms with Gasteiger partial charge in [0, 0.05) is 5.92 Å². The lowest BCUT2D eigenvalue weighted by Crippen LogP contribution is -3.15. The van der Waals surface area contributed by atoms with E-state index in [0.29, 0.717) is 11.3 Å². The molecule has 0 spiro atoms. The molecule has 0 aliphatic rings. The summed E-state index contributed by atoms with van der Waals surface area (Å²) >= 11 is 0. The first kappa shape index (κ1) is 17.4. The van der Waals surface area contributed by atoms with E-state index in [4.69, 9.17) is 0 Å². The Labute approximate surface area is 113 Å². The molecule has 0 heterocycles. The second-order valence-corrected chi connectivity index (χ2v) is 7.31. The van der Waals surface area contributed by atoms with E-state index in [1.807, 2.05) is 20.9 Å². The summed E-state index contributed by atoms with van der Waals surface area (Å²) in [5, 5.41) is 9.24. The van der Waals surface area contributed by atoms with E-state index in [1.54, 1.807) is 0 Å². The third-order valence-corrected chi connectivity index (χ3v) is 3.46. The summed E-state index contributed by atoms with van der Waals surface area (Å²) in [7, 11) is 2.00. The molecule has 3 heteroatoms. The van der Waals surface area contributed by atoms with Gasteiger partial charge in [-0.05, 0) is 24.2 Å². The second kappa shape index (κ2) is 7.13. The van der Waals surface area contributed by atoms with Crippen LogP contribution in [-0.4, -0.2) is 30.7 Å². The van der Waals surface area contributed by atoms with Gasteiger partial charge in [-0.15, -0.1) is 0 Å². The largest absolute Gasteiger partial charge is 0.477 e. The molecule has 0 rings (SSSR count). The highest BCUT2D eigenvalue weighted by Crippen LogP contribution is 2.25. The number of carboxylic acids is 1. The molecule has 2 N–H and O–H groups in total. The predicted molar refractivity (Wildman–Crippen MR) is 75.9 cm³/mol. The fraction of sp³-hybridized carbons (Fsp3) is 0.933. The first-order chi connectivity index (χ1) is 8.04. The molecular weight excluding hydrogens is 226 g/mol. The number of rotatable bonds is 7. The first-order valence-corrected chi connectivity index (χ1v) is 7.09. The average Bonchev–Trinajstić information content (AvgIpc) is 2.10. The summed E-state index contributed by atoms with van der Waals surface area (Å²) in [6, 6.07) is -0.285. The van der Waals surface area contributed by atoms with Crippen molar-refractivity contribution in [2.45, 2.75) is 60.4 Å². The fourth-order valence-electron chi connectivity index (χ4n) is 2.84. The number of nitrogens with one attached hydrogen (secondary N) is 1. The zero-order chi connectivity index (χ0) is 14.5. The first-order valence-electron chi connectivity index (χ1n) is 7.09. The van der Waals surface area contributed by atoms with Gasteiger partial charge in [-0.3, -0.25) is 0 Å². The standard InChI is InChI=1S/C15H31NO2/c1-11(2)13(14(17)18)16(7)9-8-12(3)10-15(4,5)6/h11-13H,8-10H2,1-7H3,(H,17,18)/p+1/t12-,13-/m0/s1. The van der Waals surface area contributed by atoms with Crippen molar-refractivity contribution >= 4 is 5.97 Å². The molecule has 0 radical (unpaired) electrons. The van der Waals surface area contributed by atoms with Gasteiger partial charge in [0.25, 0.3) is 0 Å². The van der Waals surface area contributed by atoms with E-state index >= 15 is 0 Å². The Morgan fingerprint density at radius 2 is 1.72 bits per heavy atom. The summed E-state index contributed by atoms with van der Waals surface area (Å²) in [5.74, 6) is 0.160. The zero-order valence-electron chi connectivity index (χ0n) is 13.2. The second-order valence-electron chi connectivity index (χ2n) is 7.31. The Morgan fingerprint density at radius 1 is 1.22 bits per heavy atom. The van der Waals surface area contributed by atoms with Gasteiger partial charge in [0.05, 0.1) is 13.6 Å². The monoisotopic (exact) mass is 258 g/mol. The summed E-state index contributed by atoms with van der Waals surface area (Å²) in [5.41, 5.74) is 0.359. The lowest BCUT2D eigenvalue weighted by Gasteiger charge is -2.27. The van der Waals surface area contributed by atoms with Crippen LogP contribution in [0.4, 0.5) is 0 Å². The zero-order valence-corrected chi connectivity index (χ0v) is 13.2. The molecule has 3 nitrogen and oxygen atoms in total. The van der Waals surface area contributed by atoms with Crippen molar-refractivity contribution in [2.75, 3.05) is 13.6 Å². The summed E-state index contributed by atoms with van der Waals surface area (Å²) < 4.78 is 0. The van der Waals surface area contributed by atoms with Crippen molar-refractivity contribution in [3.05, 3.63) is 0 Å². The number of quaternary nitrogens is 1. The van der Waals surface area contributed by atoms with Gasteiger partial charge < -0.3 is 10.0 Å². The third-order valence-electron chi connectivity index (χ3n) is 3.46. The molecule has 0 saturated heterocycles. The van der Waals surface area contributed by atoms with E-state index in [-0.39, 0.29) is 12.0 Å². The Kier molecular flexibility index (Phi) is 6.90. The van der Waals surface area contributed by atoms with Crippen LogP contribution in [-0.2, 0) is 4.79 Å². The Hall–Kier alpha value is -0.570. The highest BCUT2D eigenvalue weighted by atomic mass is 16.4. The third kappa shape index (κ3) is 7.00. The van der Waals surface area contributed by atoms with Crippen LogP contribution in [0.2, 0.25) is 0 Å². The molecule has 0 bridgehead atoms. The van der Waals surface area contributed by atoms with Crippen molar-refractivity contribution < 1.29 is 14.8 Å². The molecule has 0 saturated carbocycles. The van der Waals surface area contributed by atoms with Gasteiger partial charge in [-0.25, -0.2) is 4.79 Å². The molecule has 0 aromatic rings. The van der Waals surface area contributed by atoms with E-state index in [0.717, 1.165) is 17.9 Å². The minimum Gasteiger partial charge on any atom is -0.477 e. The van der Waals surface area contributed by atoms with Crippen LogP contribution in [0.3, 0.4) is 0 Å². The quantitative estimate of drug-likeness (QED) is 0.734. The molecule has 0 aromatic heterocycles. The highest BCUT2D eigenvalue weighted by Gasteiger charge is 2.30. The van der Waals surface area contributed by atoms with Gasteiger partial charge in [0.1, 0.15) is 0 Å². The van der Waals surface area contributed by atoms with Crippen molar-refractivity contribution in [3.8, 4) is 0 Å². The molecule has 3 atom stereocenters. The predicted octanol–water partition coefficient (Wildman–Crippen LogP) is 2.07. The maximum Gasteiger partial charge on any atom is 0.362 e. The van der Waals surface area contributed by atoms with Crippen molar-refractivity contribution in [2.24, 2.45) is 17.3 Å². The SMILES string of the molecule is CC(C)[C@@H](C(=O)O)[NH+](C)CC[C@H](C)CC(C)(C)C. The van der Waals surface area contributed by atoms with Gasteiger partial charge in [-0.2, -0.15) is 0 Å². The van der Waals surface area contributed by atoms with E-state index in [2.05, 4.69) is 27.7 Å².